The number of benzene rings is 1. The predicted molar refractivity (Wildman–Crippen MR) is 84.1 cm³/mol. The minimum Gasteiger partial charge on any atom is -0.352 e. The number of carbonyl (C=O) groups excluding carboxylic acids is 1. The lowest BCUT2D eigenvalue weighted by Crippen LogP contribution is -2.23. The normalized spacial score (nSPS) is 10.5. The second kappa shape index (κ2) is 7.45. The van der Waals surface area contributed by atoms with Crippen molar-refractivity contribution < 1.29 is 13.7 Å². The van der Waals surface area contributed by atoms with Gasteiger partial charge in [0.15, 0.2) is 0 Å². The summed E-state index contributed by atoms with van der Waals surface area (Å²) in [6, 6.07) is 11.4. The van der Waals surface area contributed by atoms with Crippen molar-refractivity contribution in [1.29, 1.82) is 0 Å². The third-order valence-electron chi connectivity index (χ3n) is 3.33. The highest BCUT2D eigenvalue weighted by molar-refractivity contribution is 5.76. The van der Waals surface area contributed by atoms with E-state index in [1.54, 1.807) is 30.5 Å². The minimum atomic E-state index is -0.301. The average Bonchev–Trinajstić information content (AvgIpc) is 3.09. The maximum absolute atomic E-state index is 12.8. The van der Waals surface area contributed by atoms with Crippen molar-refractivity contribution in [2.24, 2.45) is 0 Å². The molecule has 0 saturated carbocycles. The lowest BCUT2D eigenvalue weighted by Gasteiger charge is -2.04. The van der Waals surface area contributed by atoms with Crippen molar-refractivity contribution in [2.75, 3.05) is 0 Å². The lowest BCUT2D eigenvalue weighted by atomic mass is 10.2. The van der Waals surface area contributed by atoms with Gasteiger partial charge < -0.3 is 9.84 Å². The van der Waals surface area contributed by atoms with E-state index in [1.165, 1.54) is 12.1 Å². The molecule has 6 nitrogen and oxygen atoms in total. The molecular formula is C17H15FN4O2. The van der Waals surface area contributed by atoms with Gasteiger partial charge in [0.1, 0.15) is 11.5 Å². The van der Waals surface area contributed by atoms with Crippen molar-refractivity contribution in [3.05, 3.63) is 65.9 Å². The van der Waals surface area contributed by atoms with Crippen LogP contribution in [-0.4, -0.2) is 21.0 Å². The minimum absolute atomic E-state index is 0.142. The van der Waals surface area contributed by atoms with Gasteiger partial charge in [0.2, 0.25) is 17.6 Å². The fourth-order valence-electron chi connectivity index (χ4n) is 2.07. The van der Waals surface area contributed by atoms with Crippen molar-refractivity contribution in [3.63, 3.8) is 0 Å². The molecule has 1 amide bonds. The van der Waals surface area contributed by atoms with Crippen LogP contribution in [0.3, 0.4) is 0 Å². The highest BCUT2D eigenvalue weighted by Crippen LogP contribution is 2.12. The van der Waals surface area contributed by atoms with Crippen molar-refractivity contribution in [1.82, 2.24) is 20.4 Å². The Balaban J connectivity index is 1.48. The third kappa shape index (κ3) is 4.22. The first-order chi connectivity index (χ1) is 11.7. The third-order valence-corrected chi connectivity index (χ3v) is 3.33. The van der Waals surface area contributed by atoms with Crippen LogP contribution in [0.25, 0.3) is 11.5 Å². The van der Waals surface area contributed by atoms with Gasteiger partial charge in [-0.15, -0.1) is 0 Å². The molecule has 0 atom stereocenters. The van der Waals surface area contributed by atoms with E-state index in [1.807, 2.05) is 6.07 Å². The van der Waals surface area contributed by atoms with E-state index in [9.17, 15) is 9.18 Å². The van der Waals surface area contributed by atoms with Gasteiger partial charge >= 0.3 is 0 Å². The summed E-state index contributed by atoms with van der Waals surface area (Å²) in [4.78, 5) is 20.2. The zero-order valence-corrected chi connectivity index (χ0v) is 12.8. The molecule has 0 spiro atoms. The van der Waals surface area contributed by atoms with Gasteiger partial charge in [0.05, 0.1) is 0 Å². The van der Waals surface area contributed by atoms with Crippen LogP contribution in [-0.2, 0) is 17.8 Å². The molecule has 0 bridgehead atoms. The Hall–Kier alpha value is -3.09. The van der Waals surface area contributed by atoms with Gasteiger partial charge in [-0.3, -0.25) is 9.78 Å². The number of amides is 1. The Morgan fingerprint density at radius 3 is 2.75 bits per heavy atom. The first kappa shape index (κ1) is 15.8. The molecule has 0 saturated heterocycles. The summed E-state index contributed by atoms with van der Waals surface area (Å²) < 4.78 is 17.9. The number of aromatic nitrogens is 3. The van der Waals surface area contributed by atoms with Crippen LogP contribution < -0.4 is 5.32 Å². The maximum atomic E-state index is 12.8. The number of nitrogens with one attached hydrogen (secondary N) is 1. The van der Waals surface area contributed by atoms with Crippen molar-refractivity contribution >= 4 is 5.91 Å². The quantitative estimate of drug-likeness (QED) is 0.753. The SMILES string of the molecule is O=C(CCc1nc(-c2ccccn2)no1)NCc1ccc(F)cc1. The lowest BCUT2D eigenvalue weighted by molar-refractivity contribution is -0.121. The second-order valence-electron chi connectivity index (χ2n) is 5.13. The van der Waals surface area contributed by atoms with Crippen LogP contribution in [0, 0.1) is 5.82 Å². The summed E-state index contributed by atoms with van der Waals surface area (Å²) in [6.07, 6.45) is 2.22. The smallest absolute Gasteiger partial charge is 0.227 e. The summed E-state index contributed by atoms with van der Waals surface area (Å²) >= 11 is 0. The van der Waals surface area contributed by atoms with Gasteiger partial charge in [-0.2, -0.15) is 4.98 Å². The van der Waals surface area contributed by atoms with E-state index in [-0.39, 0.29) is 18.1 Å². The Bertz CT molecular complexity index is 803. The number of aryl methyl sites for hydroxylation is 1. The maximum Gasteiger partial charge on any atom is 0.227 e. The molecule has 122 valence electrons. The van der Waals surface area contributed by atoms with Crippen LogP contribution in [0.1, 0.15) is 17.9 Å². The van der Waals surface area contributed by atoms with Crippen LogP contribution in [0.4, 0.5) is 4.39 Å². The molecule has 1 N–H and O–H groups in total. The molecule has 2 aromatic heterocycles. The predicted octanol–water partition coefficient (Wildman–Crippen LogP) is 2.52. The van der Waals surface area contributed by atoms with Gasteiger partial charge in [-0.05, 0) is 29.8 Å². The van der Waals surface area contributed by atoms with E-state index >= 15 is 0 Å². The van der Waals surface area contributed by atoms with Crippen LogP contribution in [0.15, 0.2) is 53.2 Å². The van der Waals surface area contributed by atoms with E-state index in [0.29, 0.717) is 30.4 Å². The van der Waals surface area contributed by atoms with E-state index in [2.05, 4.69) is 20.4 Å². The van der Waals surface area contributed by atoms with E-state index < -0.39 is 0 Å². The fourth-order valence-corrected chi connectivity index (χ4v) is 2.07. The zero-order valence-electron chi connectivity index (χ0n) is 12.8. The molecule has 0 radical (unpaired) electrons. The highest BCUT2D eigenvalue weighted by atomic mass is 19.1. The summed E-state index contributed by atoms with van der Waals surface area (Å²) in [7, 11) is 0. The molecule has 3 rings (SSSR count). The number of hydrogen-bond acceptors (Lipinski definition) is 5. The Morgan fingerprint density at radius 1 is 1.17 bits per heavy atom. The van der Waals surface area contributed by atoms with Gasteiger partial charge in [0, 0.05) is 25.6 Å². The monoisotopic (exact) mass is 326 g/mol. The molecule has 0 unspecified atom stereocenters. The Kier molecular flexibility index (Phi) is 4.90. The molecule has 3 aromatic rings. The number of halogens is 1. The van der Waals surface area contributed by atoms with Gasteiger partial charge in [0.25, 0.3) is 0 Å². The number of hydrogen-bond donors (Lipinski definition) is 1. The molecule has 0 fully saturated rings. The Morgan fingerprint density at radius 2 is 2.00 bits per heavy atom. The molecule has 0 aliphatic heterocycles. The fraction of sp³-hybridized carbons (Fsp3) is 0.176. The molecule has 2 heterocycles. The van der Waals surface area contributed by atoms with Crippen LogP contribution in [0.5, 0.6) is 0 Å². The second-order valence-corrected chi connectivity index (χ2v) is 5.13. The number of pyridine rings is 1. The van der Waals surface area contributed by atoms with Crippen molar-refractivity contribution in [2.45, 2.75) is 19.4 Å². The van der Waals surface area contributed by atoms with E-state index in [4.69, 9.17) is 4.52 Å². The number of carbonyl (C=O) groups is 1. The molecule has 0 aliphatic rings. The number of nitrogens with zero attached hydrogens (tertiary/aromatic N) is 3. The van der Waals surface area contributed by atoms with Crippen LogP contribution in [0.2, 0.25) is 0 Å². The molecule has 24 heavy (non-hydrogen) atoms. The summed E-state index contributed by atoms with van der Waals surface area (Å²) in [5.41, 5.74) is 1.45. The Labute approximate surface area is 137 Å². The first-order valence-corrected chi connectivity index (χ1v) is 7.46. The molecular weight excluding hydrogens is 311 g/mol. The summed E-state index contributed by atoms with van der Waals surface area (Å²) in [6.45, 7) is 0.349. The average molecular weight is 326 g/mol. The first-order valence-electron chi connectivity index (χ1n) is 7.46. The molecule has 7 heteroatoms. The topological polar surface area (TPSA) is 80.9 Å². The van der Waals surface area contributed by atoms with E-state index in [0.717, 1.165) is 5.56 Å². The van der Waals surface area contributed by atoms with Gasteiger partial charge in [-0.1, -0.05) is 23.4 Å². The summed E-state index contributed by atoms with van der Waals surface area (Å²) in [5, 5.41) is 6.61. The van der Waals surface area contributed by atoms with Gasteiger partial charge in [-0.25, -0.2) is 4.39 Å². The highest BCUT2D eigenvalue weighted by Gasteiger charge is 2.11. The molecule has 0 aliphatic carbocycles. The summed E-state index contributed by atoms with van der Waals surface area (Å²) in [5.74, 6) is 0.340. The van der Waals surface area contributed by atoms with Crippen LogP contribution >= 0.6 is 0 Å². The number of rotatable bonds is 6. The zero-order chi connectivity index (χ0) is 16.8. The molecule has 1 aromatic carbocycles. The largest absolute Gasteiger partial charge is 0.352 e. The standard InChI is InChI=1S/C17H15FN4O2/c18-13-6-4-12(5-7-13)11-20-15(23)8-9-16-21-17(22-24-16)14-3-1-2-10-19-14/h1-7,10H,8-9,11H2,(H,20,23). The van der Waals surface area contributed by atoms with Crippen molar-refractivity contribution in [3.8, 4) is 11.5 Å².